The largest absolute Gasteiger partial charge is 0.504 e. The van der Waals surface area contributed by atoms with Gasteiger partial charge in [-0.1, -0.05) is 18.2 Å². The minimum absolute atomic E-state index is 0.133. The maximum atomic E-state index is 10.2. The van der Waals surface area contributed by atoms with E-state index in [9.17, 15) is 5.11 Å². The highest BCUT2D eigenvalue weighted by Crippen LogP contribution is 2.29. The highest BCUT2D eigenvalue weighted by Gasteiger charge is 2.11. The normalized spacial score (nSPS) is 15.2. The third-order valence-electron chi connectivity index (χ3n) is 4.22. The van der Waals surface area contributed by atoms with Crippen molar-refractivity contribution in [3.8, 4) is 11.5 Å². The molecule has 3 rings (SSSR count). The van der Waals surface area contributed by atoms with Crippen molar-refractivity contribution >= 4 is 11.9 Å². The lowest BCUT2D eigenvalue weighted by atomic mass is 10.2. The number of aliphatic imine (C=N–C) groups is 1. The average Bonchev–Trinajstić information content (AvgIpc) is 3.10. The summed E-state index contributed by atoms with van der Waals surface area (Å²) in [6.07, 6.45) is 4.30. The minimum atomic E-state index is 0.133. The minimum Gasteiger partial charge on any atom is -0.504 e. The van der Waals surface area contributed by atoms with E-state index in [4.69, 9.17) is 4.74 Å². The molecular weight excluding hydrogens is 300 g/mol. The Labute approximate surface area is 143 Å². The fraction of sp³-hybridized carbons (Fsp3) is 0.350. The molecular formula is C20H24N2O2. The van der Waals surface area contributed by atoms with E-state index >= 15 is 0 Å². The van der Waals surface area contributed by atoms with E-state index < -0.39 is 0 Å². The summed E-state index contributed by atoms with van der Waals surface area (Å²) in [5, 5.41) is 10.2. The van der Waals surface area contributed by atoms with Crippen molar-refractivity contribution in [2.24, 2.45) is 4.99 Å². The van der Waals surface area contributed by atoms with Crippen LogP contribution < -0.4 is 4.74 Å². The van der Waals surface area contributed by atoms with Crippen molar-refractivity contribution < 1.29 is 9.84 Å². The number of para-hydroxylation sites is 1. The Morgan fingerprint density at radius 1 is 1.12 bits per heavy atom. The number of benzene rings is 2. The predicted octanol–water partition coefficient (Wildman–Crippen LogP) is 4.14. The Morgan fingerprint density at radius 2 is 1.88 bits per heavy atom. The summed E-state index contributed by atoms with van der Waals surface area (Å²) < 4.78 is 5.39. The molecule has 24 heavy (non-hydrogen) atoms. The molecule has 1 heterocycles. The van der Waals surface area contributed by atoms with Crippen molar-refractivity contribution in [1.82, 2.24) is 4.90 Å². The van der Waals surface area contributed by atoms with Crippen molar-refractivity contribution in [3.63, 3.8) is 0 Å². The van der Waals surface area contributed by atoms with Gasteiger partial charge in [0.1, 0.15) is 0 Å². The van der Waals surface area contributed by atoms with Crippen molar-refractivity contribution in [2.75, 3.05) is 19.7 Å². The molecule has 0 atom stereocenters. The SMILES string of the molecule is CCOc1cccc(C=Nc2ccc(CN3CCCC3)cc2)c1O. The lowest BCUT2D eigenvalue weighted by Gasteiger charge is -2.14. The lowest BCUT2D eigenvalue weighted by molar-refractivity contribution is 0.318. The summed E-state index contributed by atoms with van der Waals surface area (Å²) >= 11 is 0. The van der Waals surface area contributed by atoms with E-state index in [1.54, 1.807) is 12.3 Å². The summed E-state index contributed by atoms with van der Waals surface area (Å²) in [6, 6.07) is 13.7. The van der Waals surface area contributed by atoms with Crippen molar-refractivity contribution in [3.05, 3.63) is 53.6 Å². The van der Waals surface area contributed by atoms with Gasteiger partial charge in [-0.25, -0.2) is 0 Å². The van der Waals surface area contributed by atoms with Crippen LogP contribution >= 0.6 is 0 Å². The Bertz CT molecular complexity index is 689. The van der Waals surface area contributed by atoms with E-state index in [1.807, 2.05) is 31.2 Å². The first-order valence-electron chi connectivity index (χ1n) is 8.56. The van der Waals surface area contributed by atoms with Crippen molar-refractivity contribution in [1.29, 1.82) is 0 Å². The topological polar surface area (TPSA) is 45.1 Å². The molecule has 0 aromatic heterocycles. The first-order valence-corrected chi connectivity index (χ1v) is 8.56. The Kier molecular flexibility index (Phi) is 5.49. The van der Waals surface area contributed by atoms with Gasteiger partial charge in [0.2, 0.25) is 0 Å². The van der Waals surface area contributed by atoms with Crippen molar-refractivity contribution in [2.45, 2.75) is 26.3 Å². The van der Waals surface area contributed by atoms with Crippen LogP contribution in [0.2, 0.25) is 0 Å². The van der Waals surface area contributed by atoms with Gasteiger partial charge in [-0.15, -0.1) is 0 Å². The van der Waals surface area contributed by atoms with E-state index in [2.05, 4.69) is 22.0 Å². The zero-order valence-corrected chi connectivity index (χ0v) is 14.1. The van der Waals surface area contributed by atoms with Crippen LogP contribution in [-0.2, 0) is 6.54 Å². The van der Waals surface area contributed by atoms with Crippen LogP contribution in [0.25, 0.3) is 0 Å². The number of aromatic hydroxyl groups is 1. The average molecular weight is 324 g/mol. The fourth-order valence-corrected chi connectivity index (χ4v) is 2.95. The third kappa shape index (κ3) is 4.15. The molecule has 1 aliphatic rings. The molecule has 1 fully saturated rings. The molecule has 0 radical (unpaired) electrons. The molecule has 0 unspecified atom stereocenters. The Morgan fingerprint density at radius 3 is 2.58 bits per heavy atom. The number of nitrogens with zero attached hydrogens (tertiary/aromatic N) is 2. The van der Waals surface area contributed by atoms with Crippen LogP contribution in [0.5, 0.6) is 11.5 Å². The number of rotatable bonds is 6. The molecule has 1 saturated heterocycles. The number of likely N-dealkylation sites (tertiary alicyclic amines) is 1. The number of phenols is 1. The van der Waals surface area contributed by atoms with Gasteiger partial charge in [0, 0.05) is 18.3 Å². The summed E-state index contributed by atoms with van der Waals surface area (Å²) in [4.78, 5) is 6.94. The first kappa shape index (κ1) is 16.5. The van der Waals surface area contributed by atoms with E-state index in [1.165, 1.54) is 31.5 Å². The van der Waals surface area contributed by atoms with Gasteiger partial charge >= 0.3 is 0 Å². The molecule has 1 aliphatic heterocycles. The number of hydrogen-bond acceptors (Lipinski definition) is 4. The Balaban J connectivity index is 1.67. The Hall–Kier alpha value is -2.33. The molecule has 4 nitrogen and oxygen atoms in total. The number of hydrogen-bond donors (Lipinski definition) is 1. The molecule has 0 aliphatic carbocycles. The highest BCUT2D eigenvalue weighted by molar-refractivity contribution is 5.86. The molecule has 2 aromatic rings. The second-order valence-electron chi connectivity index (χ2n) is 6.03. The number of phenolic OH excluding ortho intramolecular Hbond substituents is 1. The van der Waals surface area contributed by atoms with E-state index in [-0.39, 0.29) is 5.75 Å². The van der Waals surface area contributed by atoms with Gasteiger partial charge in [0.25, 0.3) is 0 Å². The third-order valence-corrected chi connectivity index (χ3v) is 4.22. The second kappa shape index (κ2) is 7.97. The van der Waals surface area contributed by atoms with Gasteiger partial charge < -0.3 is 9.84 Å². The summed E-state index contributed by atoms with van der Waals surface area (Å²) in [5.41, 5.74) is 2.85. The highest BCUT2D eigenvalue weighted by atomic mass is 16.5. The molecule has 0 saturated carbocycles. The molecule has 0 bridgehead atoms. The van der Waals surface area contributed by atoms with Gasteiger partial charge in [-0.3, -0.25) is 9.89 Å². The standard InChI is InChI=1S/C20H24N2O2/c1-2-24-19-7-5-6-17(20(19)23)14-21-18-10-8-16(9-11-18)15-22-12-3-4-13-22/h5-11,14,23H,2-4,12-13,15H2,1H3. The lowest BCUT2D eigenvalue weighted by Crippen LogP contribution is -2.18. The monoisotopic (exact) mass is 324 g/mol. The molecule has 1 N–H and O–H groups in total. The van der Waals surface area contributed by atoms with Crippen LogP contribution in [0.3, 0.4) is 0 Å². The van der Waals surface area contributed by atoms with Crippen LogP contribution in [0.1, 0.15) is 30.9 Å². The number of ether oxygens (including phenoxy) is 1. The van der Waals surface area contributed by atoms with Gasteiger partial charge in [-0.2, -0.15) is 0 Å². The first-order chi connectivity index (χ1) is 11.8. The fourth-order valence-electron chi connectivity index (χ4n) is 2.95. The molecule has 0 amide bonds. The van der Waals surface area contributed by atoms with Crippen LogP contribution in [0, 0.1) is 0 Å². The van der Waals surface area contributed by atoms with E-state index in [0.29, 0.717) is 17.9 Å². The molecule has 126 valence electrons. The van der Waals surface area contributed by atoms with Crippen LogP contribution in [-0.4, -0.2) is 35.9 Å². The molecule has 0 spiro atoms. The van der Waals surface area contributed by atoms with Gasteiger partial charge in [0.05, 0.1) is 12.3 Å². The summed E-state index contributed by atoms with van der Waals surface area (Å²) in [5.74, 6) is 0.621. The quantitative estimate of drug-likeness (QED) is 0.812. The zero-order valence-electron chi connectivity index (χ0n) is 14.1. The van der Waals surface area contributed by atoms with Crippen LogP contribution in [0.4, 0.5) is 5.69 Å². The van der Waals surface area contributed by atoms with Gasteiger partial charge in [0.15, 0.2) is 11.5 Å². The van der Waals surface area contributed by atoms with Crippen LogP contribution in [0.15, 0.2) is 47.5 Å². The molecule has 2 aromatic carbocycles. The zero-order chi connectivity index (χ0) is 16.8. The smallest absolute Gasteiger partial charge is 0.166 e. The van der Waals surface area contributed by atoms with Gasteiger partial charge in [-0.05, 0) is 62.7 Å². The predicted molar refractivity (Wildman–Crippen MR) is 97.5 cm³/mol. The summed E-state index contributed by atoms with van der Waals surface area (Å²) in [7, 11) is 0. The molecule has 4 heteroatoms. The summed E-state index contributed by atoms with van der Waals surface area (Å²) in [6.45, 7) is 5.84. The maximum absolute atomic E-state index is 10.2. The maximum Gasteiger partial charge on any atom is 0.166 e. The second-order valence-corrected chi connectivity index (χ2v) is 6.03. The van der Waals surface area contributed by atoms with E-state index in [0.717, 1.165) is 12.2 Å².